The van der Waals surface area contributed by atoms with Gasteiger partial charge in [0.15, 0.2) is 17.3 Å². The van der Waals surface area contributed by atoms with E-state index in [1.807, 2.05) is 56.3 Å². The summed E-state index contributed by atoms with van der Waals surface area (Å²) in [6.45, 7) is 6.35. The predicted molar refractivity (Wildman–Crippen MR) is 134 cm³/mol. The van der Waals surface area contributed by atoms with Gasteiger partial charge in [0.05, 0.1) is 5.69 Å². The lowest BCUT2D eigenvalue weighted by atomic mass is 9.86. The molecule has 2 aromatic carbocycles. The molecule has 1 atom stereocenters. The smallest absolute Gasteiger partial charge is 0.226 e. The standard InChI is InChI=1S/C27H25N7O2/c1-16-6-4-7-19(12-16)15-36-21-9-5-8-20(13-21)22-14-25(35)28-27-26(22)17(2)31-34(27)24-11-10-23-30-29-18(3)33(23)32-24/h4-13,22H,14-15H2,1-3H3,(H,28,35)/t22-/m0/s1. The molecule has 9 nitrogen and oxygen atoms in total. The molecule has 0 saturated carbocycles. The maximum absolute atomic E-state index is 12.8. The van der Waals surface area contributed by atoms with Gasteiger partial charge in [-0.3, -0.25) is 4.79 Å². The van der Waals surface area contributed by atoms with Crippen molar-refractivity contribution in [3.63, 3.8) is 0 Å². The summed E-state index contributed by atoms with van der Waals surface area (Å²) in [5.74, 6) is 2.44. The topological polar surface area (TPSA) is 99.2 Å². The molecule has 5 aromatic rings. The van der Waals surface area contributed by atoms with Gasteiger partial charge in [0.2, 0.25) is 5.91 Å². The highest BCUT2D eigenvalue weighted by molar-refractivity contribution is 5.95. The van der Waals surface area contributed by atoms with E-state index in [4.69, 9.17) is 9.84 Å². The summed E-state index contributed by atoms with van der Waals surface area (Å²) in [7, 11) is 0. The molecule has 0 unspecified atom stereocenters. The molecule has 3 aromatic heterocycles. The molecule has 180 valence electrons. The normalized spacial score (nSPS) is 15.1. The Bertz CT molecular complexity index is 1620. The fourth-order valence-corrected chi connectivity index (χ4v) is 4.79. The maximum atomic E-state index is 12.8. The Morgan fingerprint density at radius 1 is 1.00 bits per heavy atom. The van der Waals surface area contributed by atoms with Gasteiger partial charge in [-0.05, 0) is 56.2 Å². The molecule has 36 heavy (non-hydrogen) atoms. The van der Waals surface area contributed by atoms with Crippen LogP contribution in [0.5, 0.6) is 5.75 Å². The number of carbonyl (C=O) groups is 1. The first kappa shape index (κ1) is 22.0. The monoisotopic (exact) mass is 479 g/mol. The Balaban J connectivity index is 1.35. The molecule has 9 heteroatoms. The number of anilines is 1. The summed E-state index contributed by atoms with van der Waals surface area (Å²) < 4.78 is 9.45. The summed E-state index contributed by atoms with van der Waals surface area (Å²) in [6, 6.07) is 19.9. The largest absolute Gasteiger partial charge is 0.489 e. The molecular weight excluding hydrogens is 454 g/mol. The summed E-state index contributed by atoms with van der Waals surface area (Å²) >= 11 is 0. The minimum Gasteiger partial charge on any atom is -0.489 e. The molecule has 0 fully saturated rings. The van der Waals surface area contributed by atoms with Crippen molar-refractivity contribution in [1.82, 2.24) is 29.6 Å². The van der Waals surface area contributed by atoms with Crippen LogP contribution in [-0.2, 0) is 11.4 Å². The van der Waals surface area contributed by atoms with Crippen molar-refractivity contribution >= 4 is 17.4 Å². The second kappa shape index (κ2) is 8.60. The third-order valence-corrected chi connectivity index (χ3v) is 6.47. The van der Waals surface area contributed by atoms with Crippen LogP contribution < -0.4 is 10.1 Å². The van der Waals surface area contributed by atoms with Crippen molar-refractivity contribution in [3.05, 3.63) is 94.4 Å². The molecule has 0 saturated heterocycles. The number of aromatic nitrogens is 6. The molecule has 1 aliphatic heterocycles. The van der Waals surface area contributed by atoms with Crippen LogP contribution in [-0.4, -0.2) is 35.5 Å². The maximum Gasteiger partial charge on any atom is 0.226 e. The van der Waals surface area contributed by atoms with E-state index in [0.29, 0.717) is 36.1 Å². The number of benzene rings is 2. The van der Waals surface area contributed by atoms with Crippen molar-refractivity contribution in [1.29, 1.82) is 0 Å². The zero-order chi connectivity index (χ0) is 24.8. The first-order valence-corrected chi connectivity index (χ1v) is 11.8. The molecular formula is C27H25N7O2. The summed E-state index contributed by atoms with van der Waals surface area (Å²) in [5.41, 5.74) is 5.79. The number of carbonyl (C=O) groups excluding carboxylic acids is 1. The molecule has 1 aliphatic rings. The average molecular weight is 480 g/mol. The highest BCUT2D eigenvalue weighted by atomic mass is 16.5. The van der Waals surface area contributed by atoms with Crippen molar-refractivity contribution in [2.45, 2.75) is 39.7 Å². The van der Waals surface area contributed by atoms with Crippen LogP contribution in [0.4, 0.5) is 5.82 Å². The van der Waals surface area contributed by atoms with Crippen LogP contribution in [0, 0.1) is 20.8 Å². The second-order valence-corrected chi connectivity index (χ2v) is 9.12. The minimum absolute atomic E-state index is 0.0683. The number of nitrogens with zero attached hydrogens (tertiary/aromatic N) is 6. The van der Waals surface area contributed by atoms with E-state index in [9.17, 15) is 4.79 Å². The van der Waals surface area contributed by atoms with Gasteiger partial charge in [-0.15, -0.1) is 15.3 Å². The Labute approximate surface area is 207 Å². The van der Waals surface area contributed by atoms with E-state index in [1.54, 1.807) is 9.20 Å². The minimum atomic E-state index is -0.148. The van der Waals surface area contributed by atoms with Crippen LogP contribution >= 0.6 is 0 Å². The highest BCUT2D eigenvalue weighted by Gasteiger charge is 2.33. The Morgan fingerprint density at radius 2 is 1.86 bits per heavy atom. The number of aryl methyl sites for hydroxylation is 3. The van der Waals surface area contributed by atoms with Crippen LogP contribution in [0.15, 0.2) is 60.7 Å². The molecule has 6 rings (SSSR count). The van der Waals surface area contributed by atoms with Gasteiger partial charge in [0.25, 0.3) is 0 Å². The molecule has 1 N–H and O–H groups in total. The van der Waals surface area contributed by atoms with E-state index >= 15 is 0 Å². The number of fused-ring (bicyclic) bond motifs is 2. The lowest BCUT2D eigenvalue weighted by Gasteiger charge is -2.24. The molecule has 1 amide bonds. The zero-order valence-electron chi connectivity index (χ0n) is 20.3. The molecule has 0 aliphatic carbocycles. The number of hydrogen-bond acceptors (Lipinski definition) is 6. The third-order valence-electron chi connectivity index (χ3n) is 6.47. The number of hydrogen-bond donors (Lipinski definition) is 1. The summed E-state index contributed by atoms with van der Waals surface area (Å²) in [4.78, 5) is 12.8. The summed E-state index contributed by atoms with van der Waals surface area (Å²) in [5, 5.41) is 20.6. The van der Waals surface area contributed by atoms with Gasteiger partial charge >= 0.3 is 0 Å². The summed E-state index contributed by atoms with van der Waals surface area (Å²) in [6.07, 6.45) is 0.331. The van der Waals surface area contributed by atoms with Gasteiger partial charge < -0.3 is 10.1 Å². The number of nitrogens with one attached hydrogen (secondary N) is 1. The number of rotatable bonds is 5. The van der Waals surface area contributed by atoms with Gasteiger partial charge in [-0.2, -0.15) is 14.3 Å². The van der Waals surface area contributed by atoms with Gasteiger partial charge in [0.1, 0.15) is 18.2 Å². The Hall–Kier alpha value is -4.53. The van der Waals surface area contributed by atoms with Crippen LogP contribution in [0.1, 0.15) is 46.1 Å². The first-order valence-electron chi connectivity index (χ1n) is 11.8. The van der Waals surface area contributed by atoms with Gasteiger partial charge in [-0.25, -0.2) is 0 Å². The zero-order valence-corrected chi connectivity index (χ0v) is 20.3. The van der Waals surface area contributed by atoms with Crippen LogP contribution in [0.3, 0.4) is 0 Å². The van der Waals surface area contributed by atoms with E-state index < -0.39 is 0 Å². The van der Waals surface area contributed by atoms with E-state index in [2.05, 4.69) is 45.7 Å². The van der Waals surface area contributed by atoms with Crippen molar-refractivity contribution in [2.75, 3.05) is 5.32 Å². The third kappa shape index (κ3) is 3.88. The van der Waals surface area contributed by atoms with Crippen molar-refractivity contribution in [3.8, 4) is 11.6 Å². The second-order valence-electron chi connectivity index (χ2n) is 9.12. The Morgan fingerprint density at radius 3 is 2.72 bits per heavy atom. The lowest BCUT2D eigenvalue weighted by molar-refractivity contribution is -0.116. The molecule has 4 heterocycles. The number of ether oxygens (including phenoxy) is 1. The van der Waals surface area contributed by atoms with Crippen LogP contribution in [0.25, 0.3) is 11.5 Å². The van der Waals surface area contributed by atoms with Crippen molar-refractivity contribution in [2.24, 2.45) is 0 Å². The molecule has 0 bridgehead atoms. The SMILES string of the molecule is Cc1cccc(COc2cccc([C@@H]3CC(=O)Nc4c3c(C)nn4-c3ccc4nnc(C)n4n3)c2)c1. The molecule has 0 radical (unpaired) electrons. The average Bonchev–Trinajstić information content (AvgIpc) is 3.41. The fraction of sp³-hybridized carbons (Fsp3) is 0.222. The van der Waals surface area contributed by atoms with Crippen molar-refractivity contribution < 1.29 is 9.53 Å². The van der Waals surface area contributed by atoms with E-state index in [0.717, 1.165) is 28.1 Å². The first-order chi connectivity index (χ1) is 17.5. The Kier molecular flexibility index (Phi) is 5.25. The lowest BCUT2D eigenvalue weighted by Crippen LogP contribution is -2.25. The van der Waals surface area contributed by atoms with Crippen LogP contribution in [0.2, 0.25) is 0 Å². The quantitative estimate of drug-likeness (QED) is 0.404. The van der Waals surface area contributed by atoms with E-state index in [-0.39, 0.29) is 11.8 Å². The fourth-order valence-electron chi connectivity index (χ4n) is 4.79. The van der Waals surface area contributed by atoms with E-state index in [1.165, 1.54) is 5.56 Å². The highest BCUT2D eigenvalue weighted by Crippen LogP contribution is 2.40. The van der Waals surface area contributed by atoms with Gasteiger partial charge in [0, 0.05) is 17.9 Å². The van der Waals surface area contributed by atoms with Gasteiger partial charge in [-0.1, -0.05) is 42.0 Å². The molecule has 0 spiro atoms. The number of amides is 1. The predicted octanol–water partition coefficient (Wildman–Crippen LogP) is 4.29.